The second-order valence-corrected chi connectivity index (χ2v) is 5.88. The van der Waals surface area contributed by atoms with Crippen LogP contribution in [0.5, 0.6) is 0 Å². The number of anilines is 1. The highest BCUT2D eigenvalue weighted by molar-refractivity contribution is 8.03. The van der Waals surface area contributed by atoms with E-state index in [1.54, 1.807) is 24.3 Å². The lowest BCUT2D eigenvalue weighted by molar-refractivity contribution is -0.104. The summed E-state index contributed by atoms with van der Waals surface area (Å²) in [6, 6.07) is 16.9. The third-order valence-electron chi connectivity index (χ3n) is 3.55. The van der Waals surface area contributed by atoms with Crippen LogP contribution in [-0.4, -0.2) is 18.6 Å². The van der Waals surface area contributed by atoms with Crippen LogP contribution in [0.25, 0.3) is 0 Å². The highest BCUT2D eigenvalue weighted by atomic mass is 32.2. The highest BCUT2D eigenvalue weighted by Crippen LogP contribution is 2.46. The number of carbonyl (C=O) groups excluding carboxylic acids is 2. The van der Waals surface area contributed by atoms with E-state index < -0.39 is 0 Å². The van der Waals surface area contributed by atoms with Gasteiger partial charge in [-0.15, -0.1) is 0 Å². The molecular formula is C18H15NO2S. The van der Waals surface area contributed by atoms with Gasteiger partial charge < -0.3 is 4.90 Å². The van der Waals surface area contributed by atoms with Crippen molar-refractivity contribution < 1.29 is 9.59 Å². The molecular weight excluding hydrogens is 294 g/mol. The first kappa shape index (κ1) is 14.6. The fraction of sp³-hybridized carbons (Fsp3) is 0.111. The Labute approximate surface area is 133 Å². The topological polar surface area (TPSA) is 37.4 Å². The van der Waals surface area contributed by atoms with Crippen LogP contribution < -0.4 is 4.90 Å². The van der Waals surface area contributed by atoms with Gasteiger partial charge in [0, 0.05) is 17.0 Å². The van der Waals surface area contributed by atoms with Crippen LogP contribution >= 0.6 is 11.8 Å². The number of rotatable bonds is 4. The number of Topliss-reactive ketones (excluding diaryl/α,β-unsaturated/α-hetero) is 1. The molecule has 0 fully saturated rings. The van der Waals surface area contributed by atoms with Crippen molar-refractivity contribution in [1.29, 1.82) is 0 Å². The van der Waals surface area contributed by atoms with Crippen LogP contribution in [-0.2, 0) is 4.79 Å². The number of para-hydroxylation sites is 1. The van der Waals surface area contributed by atoms with Crippen LogP contribution in [0.3, 0.4) is 0 Å². The second-order valence-electron chi connectivity index (χ2n) is 4.85. The molecule has 22 heavy (non-hydrogen) atoms. The molecule has 0 spiro atoms. The molecule has 0 bridgehead atoms. The lowest BCUT2D eigenvalue weighted by Crippen LogP contribution is -2.21. The molecule has 0 atom stereocenters. The highest BCUT2D eigenvalue weighted by Gasteiger charge is 2.29. The van der Waals surface area contributed by atoms with E-state index in [1.807, 2.05) is 42.2 Å². The SMILES string of the molecule is CCN1/C(=C(\C=O)C(=O)c2ccccc2)Sc2ccccc21. The van der Waals surface area contributed by atoms with Gasteiger partial charge in [-0.3, -0.25) is 9.59 Å². The maximum Gasteiger partial charge on any atom is 0.198 e. The largest absolute Gasteiger partial charge is 0.335 e. The number of hydrogen-bond acceptors (Lipinski definition) is 4. The van der Waals surface area contributed by atoms with Crippen LogP contribution in [0.4, 0.5) is 5.69 Å². The number of nitrogens with zero attached hydrogens (tertiary/aromatic N) is 1. The fourth-order valence-electron chi connectivity index (χ4n) is 2.50. The minimum absolute atomic E-state index is 0.217. The van der Waals surface area contributed by atoms with Crippen molar-refractivity contribution in [3.8, 4) is 0 Å². The number of carbonyl (C=O) groups is 2. The summed E-state index contributed by atoms with van der Waals surface area (Å²) in [5.74, 6) is -0.232. The number of benzene rings is 2. The van der Waals surface area contributed by atoms with Gasteiger partial charge in [0.2, 0.25) is 0 Å². The predicted octanol–water partition coefficient (Wildman–Crippen LogP) is 3.91. The molecule has 1 heterocycles. The van der Waals surface area contributed by atoms with Crippen molar-refractivity contribution in [2.75, 3.05) is 11.4 Å². The van der Waals surface area contributed by atoms with Crippen molar-refractivity contribution in [2.24, 2.45) is 0 Å². The second kappa shape index (κ2) is 6.20. The summed E-state index contributed by atoms with van der Waals surface area (Å²) < 4.78 is 0. The van der Waals surface area contributed by atoms with Crippen LogP contribution in [0.15, 0.2) is 70.1 Å². The molecule has 1 aliphatic rings. The Morgan fingerprint density at radius 3 is 2.45 bits per heavy atom. The Bertz CT molecular complexity index is 753. The van der Waals surface area contributed by atoms with Gasteiger partial charge in [0.15, 0.2) is 12.1 Å². The Morgan fingerprint density at radius 2 is 1.77 bits per heavy atom. The number of aldehydes is 1. The van der Waals surface area contributed by atoms with E-state index in [1.165, 1.54) is 11.8 Å². The van der Waals surface area contributed by atoms with Crippen LogP contribution in [0, 0.1) is 0 Å². The van der Waals surface area contributed by atoms with E-state index >= 15 is 0 Å². The van der Waals surface area contributed by atoms with Gasteiger partial charge in [-0.2, -0.15) is 0 Å². The van der Waals surface area contributed by atoms with Gasteiger partial charge in [0.25, 0.3) is 0 Å². The average Bonchev–Trinajstić information content (AvgIpc) is 2.94. The van der Waals surface area contributed by atoms with E-state index in [0.29, 0.717) is 23.4 Å². The summed E-state index contributed by atoms with van der Waals surface area (Å²) in [5, 5.41) is 0.715. The van der Waals surface area contributed by atoms with Crippen LogP contribution in [0.1, 0.15) is 17.3 Å². The molecule has 0 saturated heterocycles. The summed E-state index contributed by atoms with van der Waals surface area (Å²) in [4.78, 5) is 27.3. The zero-order valence-electron chi connectivity index (χ0n) is 12.2. The molecule has 0 radical (unpaired) electrons. The maximum atomic E-state index is 12.6. The van der Waals surface area contributed by atoms with Crippen molar-refractivity contribution in [2.45, 2.75) is 11.8 Å². The van der Waals surface area contributed by atoms with Gasteiger partial charge in [-0.25, -0.2) is 0 Å². The third kappa shape index (κ3) is 2.46. The van der Waals surface area contributed by atoms with E-state index in [-0.39, 0.29) is 11.4 Å². The van der Waals surface area contributed by atoms with Crippen molar-refractivity contribution in [3.05, 3.63) is 70.8 Å². The molecule has 1 aliphatic heterocycles. The van der Waals surface area contributed by atoms with Gasteiger partial charge in [0.05, 0.1) is 16.3 Å². The Hall–Kier alpha value is -2.33. The number of fused-ring (bicyclic) bond motifs is 1. The molecule has 0 aliphatic carbocycles. The zero-order valence-corrected chi connectivity index (χ0v) is 13.0. The number of thioether (sulfide) groups is 1. The predicted molar refractivity (Wildman–Crippen MR) is 89.2 cm³/mol. The third-order valence-corrected chi connectivity index (χ3v) is 4.75. The lowest BCUT2D eigenvalue weighted by Gasteiger charge is -2.19. The number of allylic oxidation sites excluding steroid dienone is 1. The molecule has 0 saturated carbocycles. The molecule has 0 unspecified atom stereocenters. The van der Waals surface area contributed by atoms with Crippen molar-refractivity contribution in [3.63, 3.8) is 0 Å². The van der Waals surface area contributed by atoms with E-state index in [4.69, 9.17) is 0 Å². The number of ketones is 1. The fourth-order valence-corrected chi connectivity index (χ4v) is 3.72. The van der Waals surface area contributed by atoms with Gasteiger partial charge in [-0.05, 0) is 19.1 Å². The summed E-state index contributed by atoms with van der Waals surface area (Å²) in [5.41, 5.74) is 1.80. The molecule has 0 amide bonds. The molecule has 0 aromatic heterocycles. The van der Waals surface area contributed by atoms with E-state index in [9.17, 15) is 9.59 Å². The molecule has 2 aromatic carbocycles. The number of hydrogen-bond donors (Lipinski definition) is 0. The first-order valence-corrected chi connectivity index (χ1v) is 7.91. The van der Waals surface area contributed by atoms with E-state index in [2.05, 4.69) is 0 Å². The first-order valence-electron chi connectivity index (χ1n) is 7.10. The van der Waals surface area contributed by atoms with Crippen LogP contribution in [0.2, 0.25) is 0 Å². The zero-order chi connectivity index (χ0) is 15.5. The summed E-state index contributed by atoms with van der Waals surface area (Å²) >= 11 is 1.48. The average molecular weight is 309 g/mol. The Kier molecular flexibility index (Phi) is 4.11. The summed E-state index contributed by atoms with van der Waals surface area (Å²) in [6.07, 6.45) is 0.673. The lowest BCUT2D eigenvalue weighted by atomic mass is 10.1. The Morgan fingerprint density at radius 1 is 1.09 bits per heavy atom. The van der Waals surface area contributed by atoms with Gasteiger partial charge in [-0.1, -0.05) is 54.2 Å². The molecule has 2 aromatic rings. The van der Waals surface area contributed by atoms with Crippen molar-refractivity contribution >= 4 is 29.5 Å². The monoisotopic (exact) mass is 309 g/mol. The molecule has 3 nitrogen and oxygen atoms in total. The van der Waals surface area contributed by atoms with Crippen molar-refractivity contribution in [1.82, 2.24) is 0 Å². The van der Waals surface area contributed by atoms with Gasteiger partial charge >= 0.3 is 0 Å². The smallest absolute Gasteiger partial charge is 0.198 e. The van der Waals surface area contributed by atoms with Gasteiger partial charge in [0.1, 0.15) is 0 Å². The normalized spacial score (nSPS) is 15.4. The summed E-state index contributed by atoms with van der Waals surface area (Å²) in [7, 11) is 0. The molecule has 110 valence electrons. The quantitative estimate of drug-likeness (QED) is 0.282. The summed E-state index contributed by atoms with van der Waals surface area (Å²) in [6.45, 7) is 2.72. The maximum absolute atomic E-state index is 12.6. The van der Waals surface area contributed by atoms with E-state index in [0.717, 1.165) is 10.6 Å². The minimum atomic E-state index is -0.232. The Balaban J connectivity index is 2.08. The standard InChI is InChI=1S/C18H15NO2S/c1-2-19-15-10-6-7-11-16(15)22-18(19)14(12-20)17(21)13-8-4-3-5-9-13/h3-12H,2H2,1H3/b18-14-. The molecule has 0 N–H and O–H groups in total. The molecule has 3 rings (SSSR count). The molecule has 4 heteroatoms. The minimum Gasteiger partial charge on any atom is -0.335 e. The first-order chi connectivity index (χ1) is 10.8.